The highest BCUT2D eigenvalue weighted by Crippen LogP contribution is 2.41. The number of fused-ring (bicyclic) bond motifs is 1. The second-order valence-corrected chi connectivity index (χ2v) is 2.36. The molecule has 0 saturated heterocycles. The maximum atomic E-state index is 8.73. The van der Waals surface area contributed by atoms with Crippen molar-refractivity contribution in [1.29, 1.82) is 0 Å². The van der Waals surface area contributed by atoms with Crippen LogP contribution < -0.4 is 0 Å². The Balaban J connectivity index is 2.35. The van der Waals surface area contributed by atoms with E-state index < -0.39 is 0 Å². The average molecular weight is 120 g/mol. The van der Waals surface area contributed by atoms with Gasteiger partial charge in [-0.2, -0.15) is 0 Å². The van der Waals surface area contributed by atoms with E-state index in [9.17, 15) is 0 Å². The Kier molecular flexibility index (Phi) is 0.878. The van der Waals surface area contributed by atoms with Crippen molar-refractivity contribution in [1.82, 2.24) is 0 Å². The number of rotatable bonds is 1. The number of benzene rings is 1. The first kappa shape index (κ1) is 5.00. The van der Waals surface area contributed by atoms with Crippen LogP contribution >= 0.6 is 0 Å². The quantitative estimate of drug-likeness (QED) is 0.589. The van der Waals surface area contributed by atoms with Gasteiger partial charge in [0.05, 0.1) is 6.61 Å². The van der Waals surface area contributed by atoms with E-state index in [1.165, 1.54) is 11.1 Å². The lowest BCUT2D eigenvalue weighted by molar-refractivity contribution is 0.295. The molecule has 0 unspecified atom stereocenters. The van der Waals surface area contributed by atoms with E-state index in [0.29, 0.717) is 5.92 Å². The molecule has 1 aliphatic rings. The van der Waals surface area contributed by atoms with E-state index in [2.05, 4.69) is 12.1 Å². The van der Waals surface area contributed by atoms with Gasteiger partial charge in [0, 0.05) is 5.92 Å². The van der Waals surface area contributed by atoms with Gasteiger partial charge in [0.1, 0.15) is 0 Å². The number of hydrogen-bond donors (Lipinski definition) is 1. The third kappa shape index (κ3) is 0.583. The van der Waals surface area contributed by atoms with E-state index in [1.54, 1.807) is 0 Å². The SMILES string of the molecule is OCC1c2ccccc21. The Labute approximate surface area is 53.9 Å². The number of aliphatic hydroxyl groups is 1. The van der Waals surface area contributed by atoms with Crippen LogP contribution in [0.2, 0.25) is 0 Å². The summed E-state index contributed by atoms with van der Waals surface area (Å²) in [6.45, 7) is 0.277. The summed E-state index contributed by atoms with van der Waals surface area (Å²) < 4.78 is 0. The minimum absolute atomic E-state index is 0.277. The van der Waals surface area contributed by atoms with Crippen molar-refractivity contribution in [2.75, 3.05) is 6.61 Å². The highest BCUT2D eigenvalue weighted by atomic mass is 16.3. The minimum Gasteiger partial charge on any atom is -0.395 e. The average Bonchev–Trinajstić information content (AvgIpc) is 2.60. The lowest BCUT2D eigenvalue weighted by Crippen LogP contribution is -1.80. The second-order valence-electron chi connectivity index (χ2n) is 2.36. The zero-order valence-corrected chi connectivity index (χ0v) is 5.04. The van der Waals surface area contributed by atoms with E-state index in [4.69, 9.17) is 5.11 Å². The topological polar surface area (TPSA) is 20.2 Å². The van der Waals surface area contributed by atoms with Gasteiger partial charge < -0.3 is 5.11 Å². The van der Waals surface area contributed by atoms with Crippen molar-refractivity contribution in [3.63, 3.8) is 0 Å². The molecule has 9 heavy (non-hydrogen) atoms. The molecule has 0 aromatic heterocycles. The lowest BCUT2D eigenvalue weighted by atomic mass is 10.3. The van der Waals surface area contributed by atoms with Gasteiger partial charge in [-0.3, -0.25) is 0 Å². The van der Waals surface area contributed by atoms with Crippen LogP contribution in [0.1, 0.15) is 17.0 Å². The Morgan fingerprint density at radius 3 is 2.22 bits per heavy atom. The van der Waals surface area contributed by atoms with Crippen molar-refractivity contribution in [3.05, 3.63) is 35.4 Å². The summed E-state index contributed by atoms with van der Waals surface area (Å²) in [5.74, 6) is 0.375. The lowest BCUT2D eigenvalue weighted by Gasteiger charge is -1.79. The predicted molar refractivity (Wildman–Crippen MR) is 35.4 cm³/mol. The van der Waals surface area contributed by atoms with E-state index in [1.807, 2.05) is 12.1 Å². The Hall–Kier alpha value is -0.820. The van der Waals surface area contributed by atoms with Crippen LogP contribution in [-0.2, 0) is 0 Å². The molecule has 46 valence electrons. The molecule has 2 rings (SSSR count). The summed E-state index contributed by atoms with van der Waals surface area (Å²) in [4.78, 5) is 0. The van der Waals surface area contributed by atoms with Crippen molar-refractivity contribution >= 4 is 0 Å². The second kappa shape index (κ2) is 1.58. The van der Waals surface area contributed by atoms with Crippen LogP contribution in [-0.4, -0.2) is 11.7 Å². The van der Waals surface area contributed by atoms with Gasteiger partial charge in [0.25, 0.3) is 0 Å². The zero-order chi connectivity index (χ0) is 6.27. The third-order valence-corrected chi connectivity index (χ3v) is 1.85. The molecular weight excluding hydrogens is 112 g/mol. The molecule has 0 heterocycles. The molecule has 0 radical (unpaired) electrons. The smallest absolute Gasteiger partial charge is 0.0540 e. The fraction of sp³-hybridized carbons (Fsp3) is 0.250. The minimum atomic E-state index is 0.277. The summed E-state index contributed by atoms with van der Waals surface area (Å²) in [6, 6.07) is 8.15. The fourth-order valence-corrected chi connectivity index (χ4v) is 1.25. The van der Waals surface area contributed by atoms with Gasteiger partial charge in [0.2, 0.25) is 0 Å². The Bertz CT molecular complexity index is 207. The van der Waals surface area contributed by atoms with Gasteiger partial charge in [-0.1, -0.05) is 24.3 Å². The summed E-state index contributed by atoms with van der Waals surface area (Å²) >= 11 is 0. The first-order chi connectivity index (χ1) is 4.43. The van der Waals surface area contributed by atoms with Crippen LogP contribution in [0.5, 0.6) is 0 Å². The normalized spacial score (nSPS) is 15.2. The number of hydrogen-bond acceptors (Lipinski definition) is 1. The van der Waals surface area contributed by atoms with Gasteiger partial charge in [-0.05, 0) is 11.1 Å². The molecule has 0 spiro atoms. The molecule has 1 heteroatoms. The van der Waals surface area contributed by atoms with Gasteiger partial charge in [-0.25, -0.2) is 0 Å². The van der Waals surface area contributed by atoms with Crippen molar-refractivity contribution in [3.8, 4) is 0 Å². The van der Waals surface area contributed by atoms with Crippen molar-refractivity contribution < 1.29 is 5.11 Å². The molecule has 1 aromatic carbocycles. The molecule has 0 fully saturated rings. The van der Waals surface area contributed by atoms with Crippen LogP contribution in [0.3, 0.4) is 0 Å². The van der Waals surface area contributed by atoms with Gasteiger partial charge >= 0.3 is 0 Å². The van der Waals surface area contributed by atoms with E-state index in [0.717, 1.165) is 0 Å². The van der Waals surface area contributed by atoms with Gasteiger partial charge in [-0.15, -0.1) is 0 Å². The first-order valence-electron chi connectivity index (χ1n) is 3.13. The standard InChI is InChI=1S/C8H8O/c9-5-8-6-3-1-2-4-7(6)8/h1-4,8-9H,5H2. The maximum Gasteiger partial charge on any atom is 0.0540 e. The summed E-state index contributed by atoms with van der Waals surface area (Å²) in [5, 5.41) is 8.73. The van der Waals surface area contributed by atoms with Crippen LogP contribution in [0, 0.1) is 0 Å². The summed E-state index contributed by atoms with van der Waals surface area (Å²) in [7, 11) is 0. The van der Waals surface area contributed by atoms with E-state index in [-0.39, 0.29) is 6.61 Å². The van der Waals surface area contributed by atoms with Crippen molar-refractivity contribution in [2.45, 2.75) is 5.92 Å². The number of aliphatic hydroxyl groups excluding tert-OH is 1. The molecule has 1 aromatic rings. The molecule has 0 aliphatic heterocycles. The zero-order valence-electron chi connectivity index (χ0n) is 5.04. The van der Waals surface area contributed by atoms with Crippen LogP contribution in [0.15, 0.2) is 24.3 Å². The molecule has 0 bridgehead atoms. The Morgan fingerprint density at radius 2 is 1.78 bits per heavy atom. The monoisotopic (exact) mass is 120 g/mol. The van der Waals surface area contributed by atoms with Crippen LogP contribution in [0.25, 0.3) is 0 Å². The third-order valence-electron chi connectivity index (χ3n) is 1.85. The molecule has 0 saturated carbocycles. The largest absolute Gasteiger partial charge is 0.395 e. The first-order valence-corrected chi connectivity index (χ1v) is 3.13. The summed E-state index contributed by atoms with van der Waals surface area (Å²) in [5.41, 5.74) is 2.64. The van der Waals surface area contributed by atoms with Gasteiger partial charge in [0.15, 0.2) is 0 Å². The highest BCUT2D eigenvalue weighted by molar-refractivity contribution is 5.52. The highest BCUT2D eigenvalue weighted by Gasteiger charge is 2.29. The Morgan fingerprint density at radius 1 is 1.22 bits per heavy atom. The summed E-state index contributed by atoms with van der Waals surface area (Å²) in [6.07, 6.45) is 0. The molecular formula is C8H8O. The van der Waals surface area contributed by atoms with E-state index >= 15 is 0 Å². The molecule has 1 nitrogen and oxygen atoms in total. The van der Waals surface area contributed by atoms with Crippen LogP contribution in [0.4, 0.5) is 0 Å². The fourth-order valence-electron chi connectivity index (χ4n) is 1.25. The molecule has 0 atom stereocenters. The molecule has 1 aliphatic carbocycles. The predicted octanol–water partition coefficient (Wildman–Crippen LogP) is 1.12. The molecule has 1 N–H and O–H groups in total. The maximum absolute atomic E-state index is 8.73. The van der Waals surface area contributed by atoms with Crippen molar-refractivity contribution in [2.24, 2.45) is 0 Å². The molecule has 0 amide bonds.